The van der Waals surface area contributed by atoms with Crippen molar-refractivity contribution >= 4 is 29.4 Å². The summed E-state index contributed by atoms with van der Waals surface area (Å²) in [5, 5.41) is 8.06. The van der Waals surface area contributed by atoms with Crippen molar-refractivity contribution in [2.75, 3.05) is 19.6 Å². The largest absolute Gasteiger partial charge is 0.352 e. The number of nitrogens with zero attached hydrogens (tertiary/aromatic N) is 5. The minimum atomic E-state index is -0.161. The zero-order valence-corrected chi connectivity index (χ0v) is 20.0. The van der Waals surface area contributed by atoms with Crippen LogP contribution in [0.4, 0.5) is 0 Å². The van der Waals surface area contributed by atoms with Crippen LogP contribution in [0.5, 0.6) is 0 Å². The van der Waals surface area contributed by atoms with E-state index in [1.165, 1.54) is 24.6 Å². The molecule has 3 aromatic rings. The van der Waals surface area contributed by atoms with Crippen molar-refractivity contribution in [3.8, 4) is 0 Å². The number of carbonyl (C=O) groups excluding carboxylic acids is 2. The maximum Gasteiger partial charge on any atom is 0.253 e. The van der Waals surface area contributed by atoms with Crippen molar-refractivity contribution in [3.05, 3.63) is 52.8 Å². The highest BCUT2D eigenvalue weighted by Gasteiger charge is 2.17. The fourth-order valence-corrected chi connectivity index (χ4v) is 4.90. The molecule has 8 nitrogen and oxygen atoms in total. The average molecular weight is 467 g/mol. The monoisotopic (exact) mass is 466 g/mol. The second kappa shape index (κ2) is 10.8. The third-order valence-corrected chi connectivity index (χ3v) is 6.69. The maximum atomic E-state index is 12.8. The molecule has 1 N–H and O–H groups in total. The van der Waals surface area contributed by atoms with Gasteiger partial charge < -0.3 is 10.2 Å². The molecule has 0 atom stereocenters. The van der Waals surface area contributed by atoms with Crippen LogP contribution >= 0.6 is 11.8 Å². The molecule has 1 aliphatic heterocycles. The second-order valence-electron chi connectivity index (χ2n) is 8.39. The predicted octanol–water partition coefficient (Wildman–Crippen LogP) is 3.56. The summed E-state index contributed by atoms with van der Waals surface area (Å²) in [5.41, 5.74) is 3.39. The first-order valence-electron chi connectivity index (χ1n) is 11.5. The molecule has 0 radical (unpaired) electrons. The summed E-state index contributed by atoms with van der Waals surface area (Å²) in [4.78, 5) is 36.2. The summed E-state index contributed by atoms with van der Waals surface area (Å²) in [5.74, 6) is 1.10. The van der Waals surface area contributed by atoms with E-state index >= 15 is 0 Å². The summed E-state index contributed by atoms with van der Waals surface area (Å²) in [6.07, 6.45) is 4.85. The number of hydrogen-bond acceptors (Lipinski definition) is 6. The smallest absolute Gasteiger partial charge is 0.253 e. The van der Waals surface area contributed by atoms with E-state index in [0.717, 1.165) is 42.9 Å². The van der Waals surface area contributed by atoms with Gasteiger partial charge in [0.25, 0.3) is 11.7 Å². The molecule has 1 aliphatic rings. The molecule has 0 spiro atoms. The molecular weight excluding hydrogens is 436 g/mol. The number of likely N-dealkylation sites (tertiary alicyclic amines) is 1. The Hall–Kier alpha value is -2.94. The topological polar surface area (TPSA) is 92.5 Å². The third kappa shape index (κ3) is 5.90. The molecule has 2 aromatic heterocycles. The molecule has 33 heavy (non-hydrogen) atoms. The van der Waals surface area contributed by atoms with E-state index in [9.17, 15) is 9.59 Å². The van der Waals surface area contributed by atoms with E-state index in [0.29, 0.717) is 35.2 Å². The van der Waals surface area contributed by atoms with Crippen LogP contribution in [-0.4, -0.2) is 55.9 Å². The van der Waals surface area contributed by atoms with Gasteiger partial charge in [0.15, 0.2) is 0 Å². The Morgan fingerprint density at radius 1 is 1.06 bits per heavy atom. The normalized spacial score (nSPS) is 14.3. The number of amides is 2. The highest BCUT2D eigenvalue weighted by atomic mass is 32.2. The predicted molar refractivity (Wildman–Crippen MR) is 128 cm³/mol. The molecule has 174 valence electrons. The van der Waals surface area contributed by atoms with Crippen molar-refractivity contribution in [1.29, 1.82) is 0 Å². The number of rotatable bonds is 7. The number of nitrogens with one attached hydrogen (secondary N) is 1. The van der Waals surface area contributed by atoms with Crippen molar-refractivity contribution < 1.29 is 9.59 Å². The molecular formula is C24H30N6O2S. The Balaban J connectivity index is 1.34. The molecule has 1 fully saturated rings. The first-order chi connectivity index (χ1) is 16.0. The minimum absolute atomic E-state index is 0.123. The zero-order chi connectivity index (χ0) is 23.2. The fourth-order valence-electron chi connectivity index (χ4n) is 4.08. The SMILES string of the molecule is Cc1cc(C)n2nc(SCc3ccccc3C(=O)NCCC(=O)N3CCCCCC3)nc2n1. The Morgan fingerprint density at radius 2 is 1.82 bits per heavy atom. The van der Waals surface area contributed by atoms with Crippen molar-refractivity contribution in [3.63, 3.8) is 0 Å². The van der Waals surface area contributed by atoms with Crippen LogP contribution in [0.25, 0.3) is 5.78 Å². The van der Waals surface area contributed by atoms with Gasteiger partial charge in [0.05, 0.1) is 0 Å². The molecule has 0 unspecified atom stereocenters. The van der Waals surface area contributed by atoms with Crippen LogP contribution in [0.2, 0.25) is 0 Å². The van der Waals surface area contributed by atoms with Crippen LogP contribution in [0.1, 0.15) is 59.4 Å². The number of carbonyl (C=O) groups is 2. The summed E-state index contributed by atoms with van der Waals surface area (Å²) in [7, 11) is 0. The molecule has 3 heterocycles. The summed E-state index contributed by atoms with van der Waals surface area (Å²) < 4.78 is 1.73. The quantitative estimate of drug-likeness (QED) is 0.535. The van der Waals surface area contributed by atoms with Gasteiger partial charge in [-0.2, -0.15) is 4.98 Å². The Bertz CT molecular complexity index is 1140. The van der Waals surface area contributed by atoms with Gasteiger partial charge in [-0.3, -0.25) is 9.59 Å². The van der Waals surface area contributed by atoms with Crippen LogP contribution in [0.15, 0.2) is 35.5 Å². The van der Waals surface area contributed by atoms with E-state index in [-0.39, 0.29) is 11.8 Å². The van der Waals surface area contributed by atoms with Crippen molar-refractivity contribution in [1.82, 2.24) is 29.8 Å². The van der Waals surface area contributed by atoms with Crippen molar-refractivity contribution in [2.45, 2.75) is 56.9 Å². The second-order valence-corrected chi connectivity index (χ2v) is 9.33. The van der Waals surface area contributed by atoms with Gasteiger partial charge in [0.1, 0.15) is 0 Å². The highest BCUT2D eigenvalue weighted by molar-refractivity contribution is 7.98. The summed E-state index contributed by atoms with van der Waals surface area (Å²) in [6.45, 7) is 5.91. The number of hydrogen-bond donors (Lipinski definition) is 1. The lowest BCUT2D eigenvalue weighted by atomic mass is 10.1. The van der Waals surface area contributed by atoms with Gasteiger partial charge in [0.2, 0.25) is 11.1 Å². The van der Waals surface area contributed by atoms with Crippen molar-refractivity contribution in [2.24, 2.45) is 0 Å². The lowest BCUT2D eigenvalue weighted by Gasteiger charge is -2.20. The number of aromatic nitrogens is 4. The Morgan fingerprint density at radius 3 is 2.61 bits per heavy atom. The van der Waals surface area contributed by atoms with E-state index in [1.807, 2.05) is 49.1 Å². The fraction of sp³-hybridized carbons (Fsp3) is 0.458. The molecule has 0 aliphatic carbocycles. The standard InChI is InChI=1S/C24H30N6O2S/c1-17-15-18(2)30-23(26-17)27-24(28-30)33-16-19-9-5-6-10-20(19)22(32)25-12-11-21(31)29-13-7-3-4-8-14-29/h5-6,9-10,15H,3-4,7-8,11-14,16H2,1-2H3,(H,25,32). The van der Waals surface area contributed by atoms with Gasteiger partial charge in [-0.1, -0.05) is 42.8 Å². The Labute approximate surface area is 198 Å². The average Bonchev–Trinajstić information content (AvgIpc) is 3.02. The summed E-state index contributed by atoms with van der Waals surface area (Å²) in [6, 6.07) is 9.49. The third-order valence-electron chi connectivity index (χ3n) is 5.80. The number of thioether (sulfide) groups is 1. The first kappa shape index (κ1) is 23.2. The number of aryl methyl sites for hydroxylation is 2. The first-order valence-corrected chi connectivity index (χ1v) is 12.5. The number of fused-ring (bicyclic) bond motifs is 1. The van der Waals surface area contributed by atoms with Gasteiger partial charge in [-0.15, -0.1) is 5.10 Å². The highest BCUT2D eigenvalue weighted by Crippen LogP contribution is 2.23. The minimum Gasteiger partial charge on any atom is -0.352 e. The van der Waals surface area contributed by atoms with Crippen LogP contribution in [0, 0.1) is 13.8 Å². The molecule has 9 heteroatoms. The van der Waals surface area contributed by atoms with Crippen LogP contribution in [-0.2, 0) is 10.5 Å². The lowest BCUT2D eigenvalue weighted by Crippen LogP contribution is -2.35. The molecule has 2 amide bonds. The van der Waals surface area contributed by atoms with Gasteiger partial charge in [0, 0.05) is 48.8 Å². The van der Waals surface area contributed by atoms with Crippen LogP contribution < -0.4 is 5.32 Å². The Kier molecular flexibility index (Phi) is 7.59. The van der Waals surface area contributed by atoms with E-state index in [2.05, 4.69) is 20.4 Å². The lowest BCUT2D eigenvalue weighted by molar-refractivity contribution is -0.131. The van der Waals surface area contributed by atoms with Gasteiger partial charge in [-0.25, -0.2) is 9.50 Å². The van der Waals surface area contributed by atoms with Gasteiger partial charge in [-0.05, 0) is 44.4 Å². The zero-order valence-electron chi connectivity index (χ0n) is 19.2. The molecule has 1 aromatic carbocycles. The van der Waals surface area contributed by atoms with Crippen LogP contribution in [0.3, 0.4) is 0 Å². The molecule has 0 bridgehead atoms. The van der Waals surface area contributed by atoms with E-state index < -0.39 is 0 Å². The summed E-state index contributed by atoms with van der Waals surface area (Å²) >= 11 is 1.47. The van der Waals surface area contributed by atoms with E-state index in [1.54, 1.807) is 4.52 Å². The van der Waals surface area contributed by atoms with Gasteiger partial charge >= 0.3 is 0 Å². The molecule has 1 saturated heterocycles. The maximum absolute atomic E-state index is 12.8. The number of benzene rings is 1. The van der Waals surface area contributed by atoms with E-state index in [4.69, 9.17) is 0 Å². The molecule has 4 rings (SSSR count). The molecule has 0 saturated carbocycles.